The Bertz CT molecular complexity index is 366. The number of hydrogen-bond acceptors (Lipinski definition) is 4. The summed E-state index contributed by atoms with van der Waals surface area (Å²) in [6, 6.07) is 0. The van der Waals surface area contributed by atoms with Crippen LogP contribution in [0.2, 0.25) is 0 Å². The zero-order chi connectivity index (χ0) is 16.5. The van der Waals surface area contributed by atoms with Crippen molar-refractivity contribution in [1.29, 1.82) is 0 Å². The van der Waals surface area contributed by atoms with E-state index in [2.05, 4.69) is 40.8 Å². The van der Waals surface area contributed by atoms with Gasteiger partial charge in [-0.05, 0) is 25.2 Å². The zero-order valence-corrected chi connectivity index (χ0v) is 18.5. The van der Waals surface area contributed by atoms with Gasteiger partial charge in [0, 0.05) is 50.9 Å². The van der Waals surface area contributed by atoms with Crippen molar-refractivity contribution in [2.24, 2.45) is 10.9 Å². The van der Waals surface area contributed by atoms with Gasteiger partial charge in [-0.1, -0.05) is 13.8 Å². The summed E-state index contributed by atoms with van der Waals surface area (Å²) in [7, 11) is 1.88. The molecule has 5 nitrogen and oxygen atoms in total. The van der Waals surface area contributed by atoms with Crippen molar-refractivity contribution in [2.45, 2.75) is 44.5 Å². The van der Waals surface area contributed by atoms with Gasteiger partial charge in [-0.2, -0.15) is 11.8 Å². The highest BCUT2D eigenvalue weighted by Gasteiger charge is 2.24. The Morgan fingerprint density at radius 1 is 1.46 bits per heavy atom. The van der Waals surface area contributed by atoms with Crippen LogP contribution in [0.1, 0.15) is 33.1 Å². The first kappa shape index (κ1) is 22.3. The van der Waals surface area contributed by atoms with Crippen molar-refractivity contribution in [1.82, 2.24) is 10.2 Å². The Morgan fingerprint density at radius 2 is 2.29 bits per heavy atom. The fraction of sp³-hybridized carbons (Fsp3) is 0.941. The highest BCUT2D eigenvalue weighted by molar-refractivity contribution is 14.0. The van der Waals surface area contributed by atoms with Gasteiger partial charge in [0.25, 0.3) is 0 Å². The van der Waals surface area contributed by atoms with Gasteiger partial charge in [0.2, 0.25) is 0 Å². The normalized spacial score (nSPS) is 25.0. The molecule has 2 aliphatic rings. The molecule has 0 bridgehead atoms. The van der Waals surface area contributed by atoms with Crippen LogP contribution in [0, 0.1) is 5.92 Å². The van der Waals surface area contributed by atoms with E-state index in [1.807, 2.05) is 7.05 Å². The summed E-state index contributed by atoms with van der Waals surface area (Å²) in [6.07, 6.45) is 3.66. The number of rotatable bonds is 7. The molecule has 0 spiro atoms. The molecule has 24 heavy (non-hydrogen) atoms. The summed E-state index contributed by atoms with van der Waals surface area (Å²) < 4.78 is 11.3. The molecule has 0 aromatic rings. The van der Waals surface area contributed by atoms with Crippen molar-refractivity contribution in [2.75, 3.05) is 52.3 Å². The minimum atomic E-state index is 0. The Hall–Kier alpha value is 0.270. The molecule has 0 radical (unpaired) electrons. The van der Waals surface area contributed by atoms with Gasteiger partial charge in [-0.15, -0.1) is 24.0 Å². The Labute approximate surface area is 168 Å². The molecule has 2 saturated heterocycles. The van der Waals surface area contributed by atoms with E-state index >= 15 is 0 Å². The van der Waals surface area contributed by atoms with Gasteiger partial charge >= 0.3 is 0 Å². The first-order valence-corrected chi connectivity index (χ1v) is 10.0. The Balaban J connectivity index is 0.00000288. The lowest BCUT2D eigenvalue weighted by molar-refractivity contribution is 0.0168. The molecule has 0 aromatic heterocycles. The third-order valence-corrected chi connectivity index (χ3v) is 5.96. The highest BCUT2D eigenvalue weighted by atomic mass is 127. The number of ether oxygens (including phenoxy) is 2. The van der Waals surface area contributed by atoms with Gasteiger partial charge in [0.05, 0.1) is 12.7 Å². The topological polar surface area (TPSA) is 46.1 Å². The van der Waals surface area contributed by atoms with Crippen molar-refractivity contribution in [3.05, 3.63) is 0 Å². The standard InChI is InChI=1S/C17H33N3O2S.HI/c1-14(2)16-12-20(8-11-23-16)17(18-3)19-7-5-9-21-13-15-6-4-10-22-15;/h14-16H,4-13H2,1-3H3,(H,18,19);1H. The Morgan fingerprint density at radius 3 is 2.96 bits per heavy atom. The summed E-state index contributed by atoms with van der Waals surface area (Å²) in [5.74, 6) is 2.94. The molecule has 2 aliphatic heterocycles. The summed E-state index contributed by atoms with van der Waals surface area (Å²) >= 11 is 2.09. The quantitative estimate of drug-likeness (QED) is 0.268. The second-order valence-electron chi connectivity index (χ2n) is 6.64. The molecule has 0 aliphatic carbocycles. The molecule has 142 valence electrons. The molecule has 0 aromatic carbocycles. The summed E-state index contributed by atoms with van der Waals surface area (Å²) in [6.45, 7) is 10.1. The molecule has 2 unspecified atom stereocenters. The lowest BCUT2D eigenvalue weighted by Gasteiger charge is -2.36. The third-order valence-electron chi connectivity index (χ3n) is 4.42. The first-order chi connectivity index (χ1) is 11.2. The zero-order valence-electron chi connectivity index (χ0n) is 15.3. The van der Waals surface area contributed by atoms with Crippen molar-refractivity contribution >= 4 is 41.7 Å². The predicted octanol–water partition coefficient (Wildman–Crippen LogP) is 2.84. The highest BCUT2D eigenvalue weighted by Crippen LogP contribution is 2.24. The van der Waals surface area contributed by atoms with Gasteiger partial charge in [-0.25, -0.2) is 0 Å². The number of nitrogens with zero attached hydrogens (tertiary/aromatic N) is 2. The molecule has 1 N–H and O–H groups in total. The second kappa shape index (κ2) is 12.6. The monoisotopic (exact) mass is 471 g/mol. The van der Waals surface area contributed by atoms with Gasteiger partial charge in [0.1, 0.15) is 0 Å². The van der Waals surface area contributed by atoms with Crippen LogP contribution >= 0.6 is 35.7 Å². The van der Waals surface area contributed by atoms with E-state index in [9.17, 15) is 0 Å². The number of hydrogen-bond donors (Lipinski definition) is 1. The van der Waals surface area contributed by atoms with Crippen molar-refractivity contribution in [3.8, 4) is 0 Å². The third kappa shape index (κ3) is 7.66. The van der Waals surface area contributed by atoms with E-state index in [0.717, 1.165) is 58.3 Å². The maximum absolute atomic E-state index is 5.71. The molecule has 2 atom stereocenters. The van der Waals surface area contributed by atoms with E-state index in [0.29, 0.717) is 17.3 Å². The average Bonchev–Trinajstić information content (AvgIpc) is 3.07. The average molecular weight is 471 g/mol. The van der Waals surface area contributed by atoms with E-state index in [1.54, 1.807) is 0 Å². The molecule has 7 heteroatoms. The van der Waals surface area contributed by atoms with Crippen LogP contribution in [0.4, 0.5) is 0 Å². The first-order valence-electron chi connectivity index (χ1n) is 8.97. The molecule has 2 fully saturated rings. The molecular formula is C17H34IN3O2S. The number of guanidine groups is 1. The fourth-order valence-electron chi connectivity index (χ4n) is 2.97. The minimum absolute atomic E-state index is 0. The maximum atomic E-state index is 5.71. The van der Waals surface area contributed by atoms with Gasteiger partial charge in [-0.3, -0.25) is 4.99 Å². The van der Waals surface area contributed by atoms with E-state index in [4.69, 9.17) is 9.47 Å². The van der Waals surface area contributed by atoms with E-state index < -0.39 is 0 Å². The molecule has 2 heterocycles. The summed E-state index contributed by atoms with van der Waals surface area (Å²) in [4.78, 5) is 6.84. The maximum Gasteiger partial charge on any atom is 0.193 e. The van der Waals surface area contributed by atoms with Gasteiger partial charge in [0.15, 0.2) is 5.96 Å². The number of halogens is 1. The van der Waals surface area contributed by atoms with E-state index in [1.165, 1.54) is 12.2 Å². The van der Waals surface area contributed by atoms with Crippen molar-refractivity contribution < 1.29 is 9.47 Å². The van der Waals surface area contributed by atoms with Crippen LogP contribution in [0.5, 0.6) is 0 Å². The van der Waals surface area contributed by atoms with Gasteiger partial charge < -0.3 is 19.7 Å². The van der Waals surface area contributed by atoms with Crippen LogP contribution in [-0.4, -0.2) is 74.5 Å². The summed E-state index contributed by atoms with van der Waals surface area (Å²) in [5.41, 5.74) is 0. The fourth-order valence-corrected chi connectivity index (χ4v) is 4.27. The SMILES string of the molecule is CN=C(NCCCOCC1CCCO1)N1CCSC(C(C)C)C1.I. The predicted molar refractivity (Wildman–Crippen MR) is 114 cm³/mol. The van der Waals surface area contributed by atoms with Crippen molar-refractivity contribution in [3.63, 3.8) is 0 Å². The minimum Gasteiger partial charge on any atom is -0.379 e. The molecular weight excluding hydrogens is 437 g/mol. The van der Waals surface area contributed by atoms with Crippen LogP contribution in [0.25, 0.3) is 0 Å². The van der Waals surface area contributed by atoms with E-state index in [-0.39, 0.29) is 24.0 Å². The largest absolute Gasteiger partial charge is 0.379 e. The van der Waals surface area contributed by atoms with Crippen LogP contribution in [-0.2, 0) is 9.47 Å². The second-order valence-corrected chi connectivity index (χ2v) is 7.98. The summed E-state index contributed by atoms with van der Waals surface area (Å²) in [5, 5.41) is 4.19. The molecule has 0 amide bonds. The molecule has 0 saturated carbocycles. The van der Waals surface area contributed by atoms with Crippen LogP contribution in [0.3, 0.4) is 0 Å². The number of aliphatic imine (C=N–C) groups is 1. The smallest absolute Gasteiger partial charge is 0.193 e. The van der Waals surface area contributed by atoms with Crippen LogP contribution in [0.15, 0.2) is 4.99 Å². The Kier molecular flexibility index (Phi) is 11.7. The lowest BCUT2D eigenvalue weighted by Crippen LogP contribution is -2.49. The number of nitrogens with one attached hydrogen (secondary N) is 1. The number of thioether (sulfide) groups is 1. The lowest BCUT2D eigenvalue weighted by atomic mass is 10.1. The molecule has 2 rings (SSSR count). The van der Waals surface area contributed by atoms with Crippen LogP contribution < -0.4 is 5.32 Å².